The third-order valence-electron chi connectivity index (χ3n) is 14.4. The van der Waals surface area contributed by atoms with E-state index in [0.717, 1.165) is 11.1 Å². The molecule has 10 nitrogen and oxygen atoms in total. The van der Waals surface area contributed by atoms with Crippen molar-refractivity contribution in [3.63, 3.8) is 0 Å². The Kier molecular flexibility index (Phi) is 14.2. The molecule has 0 saturated heterocycles. The summed E-state index contributed by atoms with van der Waals surface area (Å²) in [6, 6.07) is 18.9. The third kappa shape index (κ3) is 8.61. The van der Waals surface area contributed by atoms with Crippen LogP contribution in [0.3, 0.4) is 0 Å². The van der Waals surface area contributed by atoms with Crippen LogP contribution in [0.5, 0.6) is 0 Å². The Hall–Kier alpha value is -5.90. The molecule has 2 aromatic carbocycles. The van der Waals surface area contributed by atoms with E-state index < -0.39 is 79.0 Å². The molecule has 6 rings (SSSR count). The van der Waals surface area contributed by atoms with Crippen LogP contribution in [0.25, 0.3) is 0 Å². The summed E-state index contributed by atoms with van der Waals surface area (Å²) in [5.41, 5.74) is -1.54. The molecule has 0 radical (unpaired) electrons. The number of ketones is 2. The van der Waals surface area contributed by atoms with Crippen LogP contribution in [-0.2, 0) is 47.7 Å². The van der Waals surface area contributed by atoms with E-state index >= 15 is 0 Å². The Morgan fingerprint density at radius 1 is 0.441 bits per heavy atom. The predicted molar refractivity (Wildman–Crippen MR) is 264 cm³/mol. The van der Waals surface area contributed by atoms with Gasteiger partial charge in [-0.3, -0.25) is 28.8 Å². The largest absolute Gasteiger partial charge is 0.468 e. The van der Waals surface area contributed by atoms with Crippen LogP contribution in [0, 0.1) is 43.3 Å². The van der Waals surface area contributed by atoms with Crippen molar-refractivity contribution in [2.75, 3.05) is 28.4 Å². The molecule has 68 heavy (non-hydrogen) atoms. The van der Waals surface area contributed by atoms with Crippen molar-refractivity contribution in [2.45, 2.75) is 108 Å². The summed E-state index contributed by atoms with van der Waals surface area (Å²) in [4.78, 5) is 81.2. The van der Waals surface area contributed by atoms with Crippen molar-refractivity contribution in [1.82, 2.24) is 0 Å². The molecule has 0 amide bonds. The van der Waals surface area contributed by atoms with E-state index in [1.165, 1.54) is 28.4 Å². The summed E-state index contributed by atoms with van der Waals surface area (Å²) < 4.78 is 20.9. The zero-order chi connectivity index (χ0) is 51.4. The monoisotopic (exact) mass is 929 g/mol. The summed E-state index contributed by atoms with van der Waals surface area (Å²) in [5, 5.41) is 0. The minimum absolute atomic E-state index is 0.0149. The number of Topliss-reactive ketones (excluding diaryl/α,β-unsaturated/α-hetero) is 2. The van der Waals surface area contributed by atoms with Gasteiger partial charge in [-0.05, 0) is 45.6 Å². The Labute approximate surface area is 404 Å². The van der Waals surface area contributed by atoms with Crippen LogP contribution in [-0.4, -0.2) is 63.9 Å². The normalized spacial score (nSPS) is 21.7. The van der Waals surface area contributed by atoms with E-state index in [4.69, 9.17) is 18.9 Å². The lowest BCUT2D eigenvalue weighted by Crippen LogP contribution is -2.46. The molecule has 364 valence electrons. The number of ether oxygens (including phenoxy) is 4. The Bertz CT molecular complexity index is 2260. The number of methoxy groups -OCH3 is 4. The molecule has 2 atom stereocenters. The number of carbonyl (C=O) groups excluding carboxylic acids is 6. The first-order valence-corrected chi connectivity index (χ1v) is 23.2. The number of rotatable bonds is 6. The highest BCUT2D eigenvalue weighted by molar-refractivity contribution is 6.13. The van der Waals surface area contributed by atoms with Gasteiger partial charge >= 0.3 is 23.9 Å². The highest BCUT2D eigenvalue weighted by Gasteiger charge is 2.70. The van der Waals surface area contributed by atoms with E-state index in [0.29, 0.717) is 33.4 Å². The topological polar surface area (TPSA) is 139 Å². The number of benzene rings is 2. The van der Waals surface area contributed by atoms with Gasteiger partial charge in [-0.15, -0.1) is 0 Å². The Morgan fingerprint density at radius 2 is 0.662 bits per heavy atom. The average Bonchev–Trinajstić information content (AvgIpc) is 3.67. The fourth-order valence-corrected chi connectivity index (χ4v) is 11.0. The van der Waals surface area contributed by atoms with E-state index in [1.54, 1.807) is 0 Å². The number of carbonyl (C=O) groups is 6. The summed E-state index contributed by atoms with van der Waals surface area (Å²) in [6.07, 6.45) is 7.89. The molecule has 10 heteroatoms. The number of esters is 4. The second kappa shape index (κ2) is 18.2. The number of hydrogen-bond acceptors (Lipinski definition) is 10. The lowest BCUT2D eigenvalue weighted by Gasteiger charge is -2.43. The second-order valence-electron chi connectivity index (χ2n) is 22.9. The van der Waals surface area contributed by atoms with Gasteiger partial charge in [-0.25, -0.2) is 0 Å². The third-order valence-corrected chi connectivity index (χ3v) is 14.4. The predicted octanol–water partition coefficient (Wildman–Crippen LogP) is 11.2. The van der Waals surface area contributed by atoms with Gasteiger partial charge in [0.05, 0.1) is 28.4 Å². The first-order valence-electron chi connectivity index (χ1n) is 23.2. The van der Waals surface area contributed by atoms with Gasteiger partial charge in [0.1, 0.15) is 0 Å². The smallest absolute Gasteiger partial charge is 0.324 e. The molecule has 0 N–H and O–H groups in total. The van der Waals surface area contributed by atoms with Gasteiger partial charge in [0, 0.05) is 45.0 Å². The molecule has 0 heterocycles. The van der Waals surface area contributed by atoms with Gasteiger partial charge < -0.3 is 18.9 Å². The molecule has 2 saturated carbocycles. The lowest BCUT2D eigenvalue weighted by atomic mass is 9.58. The summed E-state index contributed by atoms with van der Waals surface area (Å²) >= 11 is 0. The average molecular weight is 929 g/mol. The molecule has 2 aromatic rings. The van der Waals surface area contributed by atoms with Gasteiger partial charge in [-0.1, -0.05) is 192 Å². The maximum Gasteiger partial charge on any atom is 0.324 e. The van der Waals surface area contributed by atoms with E-state index in [9.17, 15) is 28.8 Å². The highest BCUT2D eigenvalue weighted by atomic mass is 16.6. The van der Waals surface area contributed by atoms with Crippen molar-refractivity contribution >= 4 is 35.4 Å². The Morgan fingerprint density at radius 3 is 0.853 bits per heavy atom. The summed E-state index contributed by atoms with van der Waals surface area (Å²) in [6.45, 7) is 32.7. The van der Waals surface area contributed by atoms with E-state index in [2.05, 4.69) is 13.2 Å². The van der Waals surface area contributed by atoms with Gasteiger partial charge in [0.2, 0.25) is 0 Å². The molecular weight excluding hydrogens is 857 g/mol. The minimum Gasteiger partial charge on any atom is -0.468 e. The second-order valence-corrected chi connectivity index (χ2v) is 22.9. The van der Waals surface area contributed by atoms with Crippen LogP contribution in [0.1, 0.15) is 119 Å². The first kappa shape index (κ1) is 53.1. The van der Waals surface area contributed by atoms with E-state index in [1.807, 2.05) is 168 Å². The SMILES string of the molecule is C=C1CC(C(=O)OC)(C(=O)OC)[C@@H](c2ccccc2)C12C=C(C(C)(C)C)C(=O)C(C(C)(C)C)=C2.C=C1CC(C(=O)OC)(C(=O)OC)[C@@H](c2ccccc2)C12C=C(C(C)(C)C)C(=O)C(C(C)(C)C)=C2. The maximum atomic E-state index is 13.7. The van der Waals surface area contributed by atoms with Crippen LogP contribution < -0.4 is 0 Å². The van der Waals surface area contributed by atoms with Crippen LogP contribution in [0.15, 0.2) is 132 Å². The summed E-state index contributed by atoms with van der Waals surface area (Å²) in [5.74, 6) is -4.09. The molecule has 2 fully saturated rings. The van der Waals surface area contributed by atoms with Crippen molar-refractivity contribution in [1.29, 1.82) is 0 Å². The van der Waals surface area contributed by atoms with Gasteiger partial charge in [0.25, 0.3) is 0 Å². The molecule has 0 aliphatic heterocycles. The molecular formula is C58H72O10. The summed E-state index contributed by atoms with van der Waals surface area (Å²) in [7, 11) is 5.11. The quantitative estimate of drug-likeness (QED) is 0.119. The zero-order valence-corrected chi connectivity index (χ0v) is 43.1. The first-order chi connectivity index (χ1) is 31.3. The fourth-order valence-electron chi connectivity index (χ4n) is 11.0. The van der Waals surface area contributed by atoms with Crippen LogP contribution >= 0.6 is 0 Å². The van der Waals surface area contributed by atoms with Crippen molar-refractivity contribution in [3.8, 4) is 0 Å². The minimum atomic E-state index is -1.64. The number of hydrogen-bond donors (Lipinski definition) is 0. The molecule has 2 spiro atoms. The molecule has 0 aromatic heterocycles. The lowest BCUT2D eigenvalue weighted by molar-refractivity contribution is -0.172. The maximum absolute atomic E-state index is 13.7. The standard InChI is InChI=1S/2C29H36O5/c2*1-18-15-29(24(31)33-8,25(32)34-9)23(19-13-11-10-12-14-19)28(18)16-20(26(2,3)4)22(30)21(17-28)27(5,6)7/h2*10-14,16-17,23H,1,15H2,2-9H3/t2*23-/m00/s1. The zero-order valence-electron chi connectivity index (χ0n) is 43.1. The molecule has 0 unspecified atom stereocenters. The molecule has 4 aliphatic rings. The van der Waals surface area contributed by atoms with Crippen LogP contribution in [0.2, 0.25) is 0 Å². The fraction of sp³-hybridized carbons (Fsp3) is 0.483. The highest BCUT2D eigenvalue weighted by Crippen LogP contribution is 2.68. The Balaban J connectivity index is 0.000000254. The van der Waals surface area contributed by atoms with Crippen molar-refractivity contribution < 1.29 is 47.7 Å². The molecule has 0 bridgehead atoms. The van der Waals surface area contributed by atoms with Gasteiger partial charge in [-0.2, -0.15) is 0 Å². The van der Waals surface area contributed by atoms with Crippen molar-refractivity contribution in [3.05, 3.63) is 143 Å². The molecule has 4 aliphatic carbocycles. The van der Waals surface area contributed by atoms with Crippen LogP contribution in [0.4, 0.5) is 0 Å². The van der Waals surface area contributed by atoms with E-state index in [-0.39, 0.29) is 24.4 Å². The van der Waals surface area contributed by atoms with Crippen molar-refractivity contribution in [2.24, 2.45) is 43.3 Å². The van der Waals surface area contributed by atoms with Gasteiger partial charge in [0.15, 0.2) is 22.4 Å². The number of allylic oxidation sites excluding steroid dienone is 10.